The summed E-state index contributed by atoms with van der Waals surface area (Å²) in [5, 5.41) is 0. The zero-order valence-electron chi connectivity index (χ0n) is 11.8. The highest BCUT2D eigenvalue weighted by molar-refractivity contribution is 5.17. The molecule has 1 aliphatic rings. The number of nitrogens with two attached hydrogens (primary N) is 1. The Morgan fingerprint density at radius 1 is 1.33 bits per heavy atom. The number of likely N-dealkylation sites (tertiary alicyclic amines) is 1. The van der Waals surface area contributed by atoms with Gasteiger partial charge in [0.2, 0.25) is 0 Å². The highest BCUT2D eigenvalue weighted by atomic mass is 15.2. The van der Waals surface area contributed by atoms with Gasteiger partial charge in [-0.05, 0) is 49.4 Å². The molecule has 0 radical (unpaired) electrons. The second-order valence-corrected chi connectivity index (χ2v) is 6.32. The van der Waals surface area contributed by atoms with E-state index >= 15 is 0 Å². The third-order valence-corrected chi connectivity index (χ3v) is 3.87. The highest BCUT2D eigenvalue weighted by Gasteiger charge is 2.32. The van der Waals surface area contributed by atoms with Gasteiger partial charge in [-0.3, -0.25) is 9.88 Å². The van der Waals surface area contributed by atoms with Gasteiger partial charge in [0.05, 0.1) is 0 Å². The van der Waals surface area contributed by atoms with E-state index in [1.165, 1.54) is 18.4 Å². The number of nitrogens with zero attached hydrogens (tertiary/aromatic N) is 2. The Bertz CT molecular complexity index is 373. The van der Waals surface area contributed by atoms with E-state index in [0.29, 0.717) is 11.5 Å². The summed E-state index contributed by atoms with van der Waals surface area (Å²) >= 11 is 0. The average Bonchev–Trinajstić information content (AvgIpc) is 2.28. The molecule has 0 aliphatic carbocycles. The van der Waals surface area contributed by atoms with Crippen LogP contribution in [-0.2, 0) is 0 Å². The number of hydrogen-bond donors (Lipinski definition) is 1. The third kappa shape index (κ3) is 3.09. The molecule has 1 aromatic heterocycles. The summed E-state index contributed by atoms with van der Waals surface area (Å²) in [5.74, 6) is 0. The van der Waals surface area contributed by atoms with Gasteiger partial charge in [0.25, 0.3) is 0 Å². The molecule has 2 N–H and O–H groups in total. The molecular weight excluding hydrogens is 222 g/mol. The minimum atomic E-state index is 0.140. The van der Waals surface area contributed by atoms with E-state index in [-0.39, 0.29) is 6.04 Å². The maximum atomic E-state index is 6.23. The summed E-state index contributed by atoms with van der Waals surface area (Å²) < 4.78 is 0. The molecule has 0 spiro atoms. The van der Waals surface area contributed by atoms with Crippen LogP contribution in [0.4, 0.5) is 0 Å². The second kappa shape index (κ2) is 5.37. The minimum Gasteiger partial charge on any atom is -0.326 e. The fraction of sp³-hybridized carbons (Fsp3) is 0.667. The van der Waals surface area contributed by atoms with Crippen molar-refractivity contribution >= 4 is 0 Å². The topological polar surface area (TPSA) is 42.1 Å². The Balaban J connectivity index is 2.21. The SMILES string of the molecule is CC(N)C(c1ccncc1)N1CCCC(C)(C)C1. The van der Waals surface area contributed by atoms with Crippen LogP contribution in [0.1, 0.15) is 45.2 Å². The molecule has 0 aromatic carbocycles. The first kappa shape index (κ1) is 13.5. The standard InChI is InChI=1S/C15H25N3/c1-12(16)14(13-5-8-17-9-6-13)18-10-4-7-15(2,3)11-18/h5-6,8-9,12,14H,4,7,10-11,16H2,1-3H3. The minimum absolute atomic E-state index is 0.140. The Kier molecular flexibility index (Phi) is 4.03. The molecule has 18 heavy (non-hydrogen) atoms. The van der Waals surface area contributed by atoms with Gasteiger partial charge in [-0.25, -0.2) is 0 Å². The van der Waals surface area contributed by atoms with Crippen LogP contribution in [0.25, 0.3) is 0 Å². The molecule has 3 heteroatoms. The summed E-state index contributed by atoms with van der Waals surface area (Å²) in [7, 11) is 0. The van der Waals surface area contributed by atoms with Crippen molar-refractivity contribution < 1.29 is 0 Å². The van der Waals surface area contributed by atoms with Crippen molar-refractivity contribution in [3.8, 4) is 0 Å². The third-order valence-electron chi connectivity index (χ3n) is 3.87. The van der Waals surface area contributed by atoms with E-state index in [4.69, 9.17) is 5.73 Å². The van der Waals surface area contributed by atoms with Crippen molar-refractivity contribution in [2.45, 2.75) is 45.7 Å². The lowest BCUT2D eigenvalue weighted by Gasteiger charge is -2.43. The van der Waals surface area contributed by atoms with Crippen LogP contribution in [0.5, 0.6) is 0 Å². The number of piperidine rings is 1. The quantitative estimate of drug-likeness (QED) is 0.892. The zero-order chi connectivity index (χ0) is 13.2. The van der Waals surface area contributed by atoms with Crippen LogP contribution in [0.2, 0.25) is 0 Å². The maximum Gasteiger partial charge on any atom is 0.0497 e. The Labute approximate surface area is 110 Å². The van der Waals surface area contributed by atoms with Gasteiger partial charge in [0.15, 0.2) is 0 Å². The predicted octanol–water partition coefficient (Wildman–Crippen LogP) is 2.59. The van der Waals surface area contributed by atoms with Crippen molar-refractivity contribution in [3.05, 3.63) is 30.1 Å². The number of hydrogen-bond acceptors (Lipinski definition) is 3. The molecule has 1 aliphatic heterocycles. The van der Waals surface area contributed by atoms with E-state index in [2.05, 4.69) is 42.8 Å². The zero-order valence-corrected chi connectivity index (χ0v) is 11.8. The van der Waals surface area contributed by atoms with E-state index in [1.807, 2.05) is 12.4 Å². The van der Waals surface area contributed by atoms with Crippen LogP contribution < -0.4 is 5.73 Å². The molecular formula is C15H25N3. The molecule has 2 unspecified atom stereocenters. The van der Waals surface area contributed by atoms with Crippen LogP contribution in [0.15, 0.2) is 24.5 Å². The van der Waals surface area contributed by atoms with Crippen LogP contribution >= 0.6 is 0 Å². The Morgan fingerprint density at radius 2 is 2.00 bits per heavy atom. The van der Waals surface area contributed by atoms with Gasteiger partial charge in [0, 0.05) is 31.0 Å². The van der Waals surface area contributed by atoms with Crippen LogP contribution in [0, 0.1) is 5.41 Å². The Morgan fingerprint density at radius 3 is 2.56 bits per heavy atom. The molecule has 1 fully saturated rings. The lowest BCUT2D eigenvalue weighted by molar-refractivity contribution is 0.0688. The molecule has 2 rings (SSSR count). The summed E-state index contributed by atoms with van der Waals surface area (Å²) in [4.78, 5) is 6.65. The molecule has 3 nitrogen and oxygen atoms in total. The number of pyridine rings is 1. The lowest BCUT2D eigenvalue weighted by atomic mass is 9.82. The molecule has 1 aromatic rings. The van der Waals surface area contributed by atoms with Gasteiger partial charge in [-0.1, -0.05) is 13.8 Å². The predicted molar refractivity (Wildman–Crippen MR) is 75.2 cm³/mol. The first-order chi connectivity index (χ1) is 8.49. The van der Waals surface area contributed by atoms with Crippen molar-refractivity contribution in [1.29, 1.82) is 0 Å². The van der Waals surface area contributed by atoms with E-state index in [1.54, 1.807) is 0 Å². The molecule has 0 saturated carbocycles. The molecule has 2 heterocycles. The second-order valence-electron chi connectivity index (χ2n) is 6.32. The average molecular weight is 247 g/mol. The highest BCUT2D eigenvalue weighted by Crippen LogP contribution is 2.34. The van der Waals surface area contributed by atoms with Gasteiger partial charge in [-0.15, -0.1) is 0 Å². The van der Waals surface area contributed by atoms with Crippen molar-refractivity contribution in [2.75, 3.05) is 13.1 Å². The Hall–Kier alpha value is -0.930. The molecule has 0 amide bonds. The van der Waals surface area contributed by atoms with Gasteiger partial charge in [0.1, 0.15) is 0 Å². The normalized spacial score (nSPS) is 23.6. The van der Waals surface area contributed by atoms with Crippen molar-refractivity contribution in [2.24, 2.45) is 11.1 Å². The van der Waals surface area contributed by atoms with Crippen LogP contribution in [-0.4, -0.2) is 29.0 Å². The number of aromatic nitrogens is 1. The first-order valence-corrected chi connectivity index (χ1v) is 6.89. The maximum absolute atomic E-state index is 6.23. The monoisotopic (exact) mass is 247 g/mol. The first-order valence-electron chi connectivity index (χ1n) is 6.89. The fourth-order valence-corrected chi connectivity index (χ4v) is 3.11. The summed E-state index contributed by atoms with van der Waals surface area (Å²) in [6, 6.07) is 4.64. The molecule has 2 atom stereocenters. The van der Waals surface area contributed by atoms with Crippen molar-refractivity contribution in [1.82, 2.24) is 9.88 Å². The molecule has 0 bridgehead atoms. The van der Waals surface area contributed by atoms with Gasteiger partial charge < -0.3 is 5.73 Å². The van der Waals surface area contributed by atoms with E-state index < -0.39 is 0 Å². The smallest absolute Gasteiger partial charge is 0.0497 e. The van der Waals surface area contributed by atoms with Gasteiger partial charge in [-0.2, -0.15) is 0 Å². The molecule has 1 saturated heterocycles. The molecule has 100 valence electrons. The van der Waals surface area contributed by atoms with E-state index in [9.17, 15) is 0 Å². The fourth-order valence-electron chi connectivity index (χ4n) is 3.11. The number of rotatable bonds is 3. The largest absolute Gasteiger partial charge is 0.326 e. The van der Waals surface area contributed by atoms with Gasteiger partial charge >= 0.3 is 0 Å². The summed E-state index contributed by atoms with van der Waals surface area (Å²) in [5.41, 5.74) is 7.92. The summed E-state index contributed by atoms with van der Waals surface area (Å²) in [6.07, 6.45) is 6.30. The van der Waals surface area contributed by atoms with E-state index in [0.717, 1.165) is 13.1 Å². The summed E-state index contributed by atoms with van der Waals surface area (Å²) in [6.45, 7) is 9.08. The van der Waals surface area contributed by atoms with Crippen LogP contribution in [0.3, 0.4) is 0 Å². The lowest BCUT2D eigenvalue weighted by Crippen LogP contribution is -2.47. The van der Waals surface area contributed by atoms with Crippen molar-refractivity contribution in [3.63, 3.8) is 0 Å².